The summed E-state index contributed by atoms with van der Waals surface area (Å²) in [5, 5.41) is 1.01. The summed E-state index contributed by atoms with van der Waals surface area (Å²) in [5.74, 6) is 1.68. The Bertz CT molecular complexity index is 205. The molecule has 0 rings (SSSR count). The van der Waals surface area contributed by atoms with E-state index in [1.165, 1.54) is 32.1 Å². The minimum atomic E-state index is 0.327. The van der Waals surface area contributed by atoms with E-state index in [2.05, 4.69) is 20.8 Å². The van der Waals surface area contributed by atoms with Crippen molar-refractivity contribution in [2.75, 3.05) is 0 Å². The fourth-order valence-electron chi connectivity index (χ4n) is 2.50. The van der Waals surface area contributed by atoms with E-state index >= 15 is 0 Å². The van der Waals surface area contributed by atoms with Gasteiger partial charge in [-0.25, -0.2) is 0 Å². The molecule has 0 heterocycles. The van der Waals surface area contributed by atoms with Gasteiger partial charge < -0.3 is 0 Å². The summed E-state index contributed by atoms with van der Waals surface area (Å²) in [7, 11) is 0. The second-order valence-electron chi connectivity index (χ2n) is 6.09. The Kier molecular flexibility index (Phi) is 15.1. The third-order valence-corrected chi connectivity index (χ3v) is 5.82. The molecule has 1 radical (unpaired) electrons. The van der Waals surface area contributed by atoms with Gasteiger partial charge in [0.05, 0.1) is 0 Å². The van der Waals surface area contributed by atoms with Crippen molar-refractivity contribution in [3.05, 3.63) is 5.92 Å². The fourth-order valence-corrected chi connectivity index (χ4v) is 2.91. The molecule has 3 atom stereocenters. The van der Waals surface area contributed by atoms with E-state index in [1.807, 2.05) is 0 Å². The molecule has 0 aromatic carbocycles. The van der Waals surface area contributed by atoms with Gasteiger partial charge in [-0.2, -0.15) is 0 Å². The highest BCUT2D eigenvalue weighted by Gasteiger charge is 2.14. The molecule has 127 valence electrons. The lowest BCUT2D eigenvalue weighted by atomic mass is 9.89. The summed E-state index contributed by atoms with van der Waals surface area (Å²) >= 11 is 18.7. The van der Waals surface area contributed by atoms with Crippen LogP contribution in [0.15, 0.2) is 0 Å². The highest BCUT2D eigenvalue weighted by atomic mass is 35.5. The minimum absolute atomic E-state index is 0.327. The molecule has 3 unspecified atom stereocenters. The Morgan fingerprint density at radius 3 is 1.38 bits per heavy atom. The number of hydrogen-bond acceptors (Lipinski definition) is 0. The lowest BCUT2D eigenvalue weighted by molar-refractivity contribution is 0.537. The minimum Gasteiger partial charge on any atom is -0.123 e. The molecule has 0 saturated heterocycles. The second kappa shape index (κ2) is 14.5. The van der Waals surface area contributed by atoms with E-state index in [1.54, 1.807) is 5.92 Å². The topological polar surface area (TPSA) is 0 Å². The first kappa shape index (κ1) is 21.9. The molecule has 21 heavy (non-hydrogen) atoms. The maximum absolute atomic E-state index is 6.27. The largest absolute Gasteiger partial charge is 0.123 e. The fraction of sp³-hybridized carbons (Fsp3) is 0.944. The average molecular weight is 357 g/mol. The smallest absolute Gasteiger partial charge is 0.0333 e. The van der Waals surface area contributed by atoms with Crippen molar-refractivity contribution < 1.29 is 0 Å². The summed E-state index contributed by atoms with van der Waals surface area (Å²) in [6, 6.07) is 0. The van der Waals surface area contributed by atoms with Crippen molar-refractivity contribution >= 4 is 34.8 Å². The van der Waals surface area contributed by atoms with Crippen LogP contribution in [0.4, 0.5) is 0 Å². The molecular formula is C18H34Cl3. The van der Waals surface area contributed by atoms with Gasteiger partial charge in [-0.3, -0.25) is 0 Å². The summed E-state index contributed by atoms with van der Waals surface area (Å²) in [6.07, 6.45) is 12.6. The van der Waals surface area contributed by atoms with Gasteiger partial charge in [-0.15, -0.1) is 34.8 Å². The van der Waals surface area contributed by atoms with Crippen molar-refractivity contribution in [1.29, 1.82) is 0 Å². The predicted octanol–water partition coefficient (Wildman–Crippen LogP) is 7.73. The first-order chi connectivity index (χ1) is 10.0. The molecule has 0 aliphatic carbocycles. The maximum Gasteiger partial charge on any atom is 0.0333 e. The molecule has 0 aliphatic rings. The van der Waals surface area contributed by atoms with Crippen LogP contribution in [-0.2, 0) is 0 Å². The first-order valence-electron chi connectivity index (χ1n) is 8.79. The molecule has 0 amide bonds. The molecule has 0 aromatic heterocycles. The third kappa shape index (κ3) is 13.0. The second-order valence-corrected chi connectivity index (χ2v) is 7.94. The Hall–Kier alpha value is 0.870. The van der Waals surface area contributed by atoms with Gasteiger partial charge in [-0.1, -0.05) is 33.6 Å². The zero-order chi connectivity index (χ0) is 16.1. The highest BCUT2D eigenvalue weighted by Crippen LogP contribution is 2.28. The van der Waals surface area contributed by atoms with Crippen molar-refractivity contribution in [1.82, 2.24) is 0 Å². The van der Waals surface area contributed by atoms with E-state index in [0.717, 1.165) is 38.5 Å². The number of alkyl halides is 3. The Balaban J connectivity index is 4.01. The van der Waals surface area contributed by atoms with Crippen LogP contribution < -0.4 is 0 Å². The average Bonchev–Trinajstić information content (AvgIpc) is 2.50. The zero-order valence-corrected chi connectivity index (χ0v) is 16.4. The van der Waals surface area contributed by atoms with E-state index < -0.39 is 0 Å². The van der Waals surface area contributed by atoms with Gasteiger partial charge in [0.2, 0.25) is 0 Å². The number of rotatable bonds is 14. The van der Waals surface area contributed by atoms with Crippen LogP contribution in [0.25, 0.3) is 0 Å². The van der Waals surface area contributed by atoms with Crippen LogP contribution in [0.5, 0.6) is 0 Å². The predicted molar refractivity (Wildman–Crippen MR) is 100.0 cm³/mol. The van der Waals surface area contributed by atoms with Crippen LogP contribution in [0.2, 0.25) is 0 Å². The van der Waals surface area contributed by atoms with Crippen molar-refractivity contribution in [2.45, 2.75) is 108 Å². The van der Waals surface area contributed by atoms with Crippen molar-refractivity contribution in [3.8, 4) is 0 Å². The summed E-state index contributed by atoms with van der Waals surface area (Å²) in [4.78, 5) is 0. The lowest BCUT2D eigenvalue weighted by Gasteiger charge is -2.19. The van der Waals surface area contributed by atoms with Crippen LogP contribution in [0.1, 0.15) is 91.4 Å². The Morgan fingerprint density at radius 2 is 1.00 bits per heavy atom. The first-order valence-corrected chi connectivity index (χ1v) is 10.1. The van der Waals surface area contributed by atoms with Gasteiger partial charge in [0.25, 0.3) is 0 Å². The Labute approximate surface area is 148 Å². The molecule has 0 aliphatic heterocycles. The highest BCUT2D eigenvalue weighted by molar-refractivity contribution is 6.21. The van der Waals surface area contributed by atoms with E-state index in [4.69, 9.17) is 34.8 Å². The van der Waals surface area contributed by atoms with Crippen molar-refractivity contribution in [2.24, 2.45) is 0 Å². The maximum atomic E-state index is 6.27. The van der Waals surface area contributed by atoms with E-state index in [-0.39, 0.29) is 0 Å². The monoisotopic (exact) mass is 355 g/mol. The van der Waals surface area contributed by atoms with Gasteiger partial charge in [0, 0.05) is 16.1 Å². The summed E-state index contributed by atoms with van der Waals surface area (Å²) in [6.45, 7) is 6.48. The molecule has 0 saturated carbocycles. The van der Waals surface area contributed by atoms with Crippen molar-refractivity contribution in [3.63, 3.8) is 0 Å². The zero-order valence-electron chi connectivity index (χ0n) is 14.1. The van der Waals surface area contributed by atoms with E-state index in [0.29, 0.717) is 16.1 Å². The van der Waals surface area contributed by atoms with Gasteiger partial charge in [0.15, 0.2) is 0 Å². The summed E-state index contributed by atoms with van der Waals surface area (Å²) < 4.78 is 0. The normalized spacial score (nSPS) is 16.1. The summed E-state index contributed by atoms with van der Waals surface area (Å²) in [5.41, 5.74) is 0. The SMILES string of the molecule is CCC(Cl)CCC[C](CCCC(Cl)CC)CCC(Cl)CC. The van der Waals surface area contributed by atoms with E-state index in [9.17, 15) is 0 Å². The molecule has 0 fully saturated rings. The molecule has 0 spiro atoms. The Morgan fingerprint density at radius 1 is 0.619 bits per heavy atom. The van der Waals surface area contributed by atoms with Crippen LogP contribution >= 0.6 is 34.8 Å². The van der Waals surface area contributed by atoms with Crippen LogP contribution in [0.3, 0.4) is 0 Å². The quantitative estimate of drug-likeness (QED) is 0.279. The number of halogens is 3. The standard InChI is InChI=1S/C18H34Cl3/c1-4-16(19)11-7-9-15(13-14-18(21)6-3)10-8-12-17(20)5-2/h16-18H,4-14H2,1-3H3. The molecule has 0 N–H and O–H groups in total. The van der Waals surface area contributed by atoms with Gasteiger partial charge >= 0.3 is 0 Å². The van der Waals surface area contributed by atoms with Crippen LogP contribution in [-0.4, -0.2) is 16.1 Å². The lowest BCUT2D eigenvalue weighted by Crippen LogP contribution is -2.06. The van der Waals surface area contributed by atoms with Gasteiger partial charge in [-0.05, 0) is 63.7 Å². The molecular weight excluding hydrogens is 323 g/mol. The van der Waals surface area contributed by atoms with Crippen LogP contribution in [0, 0.1) is 5.92 Å². The number of hydrogen-bond donors (Lipinski definition) is 0. The third-order valence-electron chi connectivity index (χ3n) is 4.24. The van der Waals surface area contributed by atoms with Gasteiger partial charge in [0.1, 0.15) is 0 Å². The molecule has 3 heteroatoms. The molecule has 0 bridgehead atoms. The molecule has 0 aromatic rings. The molecule has 0 nitrogen and oxygen atoms in total.